The maximum atomic E-state index is 10.3. The van der Waals surface area contributed by atoms with Crippen molar-refractivity contribution in [2.75, 3.05) is 0 Å². The average molecular weight is 177 g/mol. The number of ether oxygens (including phenoxy) is 1. The lowest BCUT2D eigenvalue weighted by Crippen LogP contribution is -2.41. The Morgan fingerprint density at radius 2 is 2.54 bits per heavy atom. The van der Waals surface area contributed by atoms with Crippen LogP contribution in [0.2, 0.25) is 0 Å². The van der Waals surface area contributed by atoms with Gasteiger partial charge in [-0.05, 0) is 25.0 Å². The summed E-state index contributed by atoms with van der Waals surface area (Å²) in [6, 6.07) is 0. The van der Waals surface area contributed by atoms with Crippen LogP contribution in [0.5, 0.6) is 0 Å². The molecule has 0 radical (unpaired) electrons. The normalized spacial score (nSPS) is 45.5. The van der Waals surface area contributed by atoms with Crippen LogP contribution in [0.4, 0.5) is 0 Å². The zero-order chi connectivity index (χ0) is 8.89. The summed E-state index contributed by atoms with van der Waals surface area (Å²) >= 11 is 0. The van der Waals surface area contributed by atoms with Crippen LogP contribution in [-0.4, -0.2) is 22.6 Å². The predicted octanol–water partition coefficient (Wildman–Crippen LogP) is 1.01. The minimum absolute atomic E-state index is 0.140. The van der Waals surface area contributed by atoms with Crippen molar-refractivity contribution in [3.63, 3.8) is 0 Å². The van der Waals surface area contributed by atoms with E-state index in [0.29, 0.717) is 0 Å². The number of aliphatic hydroxyl groups is 1. The number of fused-ring (bicyclic) bond motifs is 3. The summed E-state index contributed by atoms with van der Waals surface area (Å²) < 4.78 is 5.22. The zero-order valence-electron chi connectivity index (χ0n) is 7.18. The zero-order valence-corrected chi connectivity index (χ0v) is 7.18. The van der Waals surface area contributed by atoms with Crippen molar-refractivity contribution in [3.8, 4) is 0 Å². The van der Waals surface area contributed by atoms with Crippen molar-refractivity contribution in [3.05, 3.63) is 24.5 Å². The van der Waals surface area contributed by atoms with Crippen LogP contribution in [0.3, 0.4) is 0 Å². The Hall–Kier alpha value is -1.09. The van der Waals surface area contributed by atoms with Crippen LogP contribution in [0.25, 0.3) is 0 Å². The Labute approximate surface area is 76.4 Å². The fraction of sp³-hybridized carbons (Fsp3) is 0.500. The highest BCUT2D eigenvalue weighted by Gasteiger charge is 2.52. The van der Waals surface area contributed by atoms with Gasteiger partial charge in [0.2, 0.25) is 6.23 Å². The second-order valence-corrected chi connectivity index (χ2v) is 3.76. The molecule has 2 aliphatic heterocycles. The van der Waals surface area contributed by atoms with Gasteiger partial charge in [0.25, 0.3) is 0 Å². The van der Waals surface area contributed by atoms with Crippen LogP contribution >= 0.6 is 0 Å². The highest BCUT2D eigenvalue weighted by atomic mass is 16.5. The molecule has 0 fully saturated rings. The van der Waals surface area contributed by atoms with E-state index in [0.717, 1.165) is 18.6 Å². The molecule has 0 saturated heterocycles. The summed E-state index contributed by atoms with van der Waals surface area (Å²) in [6.45, 7) is 0. The van der Waals surface area contributed by atoms with E-state index in [-0.39, 0.29) is 5.92 Å². The SMILES string of the molecule is OC12C=COC1N=C1C=CCCC12. The Morgan fingerprint density at radius 1 is 1.62 bits per heavy atom. The number of allylic oxidation sites excluding steroid dienone is 2. The summed E-state index contributed by atoms with van der Waals surface area (Å²) in [4.78, 5) is 4.34. The number of hydrogen-bond acceptors (Lipinski definition) is 3. The maximum Gasteiger partial charge on any atom is 0.221 e. The molecule has 0 aromatic carbocycles. The van der Waals surface area contributed by atoms with Crippen molar-refractivity contribution < 1.29 is 9.84 Å². The smallest absolute Gasteiger partial charge is 0.221 e. The third-order valence-electron chi connectivity index (χ3n) is 3.03. The Balaban J connectivity index is 2.05. The largest absolute Gasteiger partial charge is 0.473 e. The van der Waals surface area contributed by atoms with Gasteiger partial charge in [0.1, 0.15) is 0 Å². The molecule has 0 spiro atoms. The van der Waals surface area contributed by atoms with E-state index in [9.17, 15) is 5.11 Å². The van der Waals surface area contributed by atoms with E-state index in [2.05, 4.69) is 11.1 Å². The number of aliphatic imine (C=N–C) groups is 1. The molecule has 3 nitrogen and oxygen atoms in total. The Morgan fingerprint density at radius 3 is 3.46 bits per heavy atom. The van der Waals surface area contributed by atoms with Crippen LogP contribution < -0.4 is 0 Å². The van der Waals surface area contributed by atoms with E-state index >= 15 is 0 Å². The highest BCUT2D eigenvalue weighted by molar-refractivity contribution is 6.00. The lowest BCUT2D eigenvalue weighted by Gasteiger charge is -2.27. The molecule has 68 valence electrons. The first-order valence-corrected chi connectivity index (χ1v) is 4.60. The standard InChI is InChI=1S/C10H11NO2/c12-10-5-6-13-9(10)11-8-4-2-1-3-7(8)10/h2,4-7,9,12H,1,3H2. The minimum atomic E-state index is -0.861. The van der Waals surface area contributed by atoms with Gasteiger partial charge in [-0.3, -0.25) is 0 Å². The van der Waals surface area contributed by atoms with Gasteiger partial charge in [0, 0.05) is 11.6 Å². The van der Waals surface area contributed by atoms with Crippen LogP contribution in [0.1, 0.15) is 12.8 Å². The van der Waals surface area contributed by atoms with Crippen LogP contribution in [0, 0.1) is 5.92 Å². The summed E-state index contributed by atoms with van der Waals surface area (Å²) in [6.07, 6.45) is 8.99. The van der Waals surface area contributed by atoms with Gasteiger partial charge in [-0.25, -0.2) is 4.99 Å². The Kier molecular flexibility index (Phi) is 1.26. The van der Waals surface area contributed by atoms with E-state index in [1.54, 1.807) is 12.3 Å². The monoisotopic (exact) mass is 177 g/mol. The van der Waals surface area contributed by atoms with Gasteiger partial charge in [-0.2, -0.15) is 0 Å². The molecule has 2 heterocycles. The molecule has 0 saturated carbocycles. The molecule has 13 heavy (non-hydrogen) atoms. The van der Waals surface area contributed by atoms with E-state index in [1.807, 2.05) is 6.08 Å². The quantitative estimate of drug-likeness (QED) is 0.600. The molecule has 0 aromatic rings. The molecule has 0 bridgehead atoms. The first-order valence-electron chi connectivity index (χ1n) is 4.60. The van der Waals surface area contributed by atoms with Crippen LogP contribution in [0.15, 0.2) is 29.5 Å². The molecule has 1 N–H and O–H groups in total. The van der Waals surface area contributed by atoms with Crippen molar-refractivity contribution in [2.45, 2.75) is 24.7 Å². The van der Waals surface area contributed by atoms with Crippen molar-refractivity contribution in [1.29, 1.82) is 0 Å². The minimum Gasteiger partial charge on any atom is -0.473 e. The molecular weight excluding hydrogens is 166 g/mol. The van der Waals surface area contributed by atoms with Gasteiger partial charge >= 0.3 is 0 Å². The van der Waals surface area contributed by atoms with Gasteiger partial charge in [-0.1, -0.05) is 6.08 Å². The van der Waals surface area contributed by atoms with Crippen molar-refractivity contribution in [2.24, 2.45) is 10.9 Å². The predicted molar refractivity (Wildman–Crippen MR) is 48.3 cm³/mol. The first kappa shape index (κ1) is 7.33. The maximum absolute atomic E-state index is 10.3. The fourth-order valence-electron chi connectivity index (χ4n) is 2.30. The van der Waals surface area contributed by atoms with Crippen molar-refractivity contribution >= 4 is 5.71 Å². The van der Waals surface area contributed by atoms with E-state index in [4.69, 9.17) is 4.74 Å². The third-order valence-corrected chi connectivity index (χ3v) is 3.03. The molecule has 3 aliphatic rings. The number of nitrogens with zero attached hydrogens (tertiary/aromatic N) is 1. The van der Waals surface area contributed by atoms with Crippen LogP contribution in [-0.2, 0) is 4.74 Å². The number of hydrogen-bond donors (Lipinski definition) is 1. The second-order valence-electron chi connectivity index (χ2n) is 3.76. The summed E-state index contributed by atoms with van der Waals surface area (Å²) in [5.41, 5.74) is 0.128. The molecule has 0 aromatic heterocycles. The average Bonchev–Trinajstić information content (AvgIpc) is 2.60. The van der Waals surface area contributed by atoms with Gasteiger partial charge in [0.15, 0.2) is 5.60 Å². The van der Waals surface area contributed by atoms with Gasteiger partial charge in [0.05, 0.1) is 6.26 Å². The highest BCUT2D eigenvalue weighted by Crippen LogP contribution is 2.41. The second kappa shape index (κ2) is 2.23. The topological polar surface area (TPSA) is 41.8 Å². The fourth-order valence-corrected chi connectivity index (χ4v) is 2.30. The van der Waals surface area contributed by atoms with E-state index in [1.165, 1.54) is 0 Å². The lowest BCUT2D eigenvalue weighted by molar-refractivity contribution is -0.0270. The van der Waals surface area contributed by atoms with Gasteiger partial charge < -0.3 is 9.84 Å². The molecule has 0 amide bonds. The van der Waals surface area contributed by atoms with E-state index < -0.39 is 11.8 Å². The molecule has 3 rings (SSSR count). The summed E-state index contributed by atoms with van der Waals surface area (Å²) in [5, 5.41) is 10.3. The number of rotatable bonds is 0. The van der Waals surface area contributed by atoms with Crippen molar-refractivity contribution in [1.82, 2.24) is 0 Å². The first-order chi connectivity index (χ1) is 6.31. The Bertz CT molecular complexity index is 332. The third kappa shape index (κ3) is 0.800. The molecule has 3 atom stereocenters. The molecular formula is C10H11NO2. The molecule has 1 aliphatic carbocycles. The summed E-state index contributed by atoms with van der Waals surface area (Å²) in [7, 11) is 0. The summed E-state index contributed by atoms with van der Waals surface area (Å²) in [5.74, 6) is 0.140. The molecule has 3 heteroatoms. The van der Waals surface area contributed by atoms with Gasteiger partial charge in [-0.15, -0.1) is 0 Å². The lowest BCUT2D eigenvalue weighted by atomic mass is 9.80. The molecule has 3 unspecified atom stereocenters.